The molecule has 0 saturated carbocycles. The van der Waals surface area contributed by atoms with Gasteiger partial charge >= 0.3 is 5.97 Å². The highest BCUT2D eigenvalue weighted by Crippen LogP contribution is 2.25. The van der Waals surface area contributed by atoms with Gasteiger partial charge in [-0.05, 0) is 0 Å². The van der Waals surface area contributed by atoms with E-state index in [0.29, 0.717) is 0 Å². The molecule has 0 amide bonds. The van der Waals surface area contributed by atoms with Crippen LogP contribution in [0.15, 0.2) is 0 Å². The summed E-state index contributed by atoms with van der Waals surface area (Å²) >= 11 is 0. The van der Waals surface area contributed by atoms with Crippen molar-refractivity contribution in [2.75, 3.05) is 12.0 Å². The van der Waals surface area contributed by atoms with Crippen LogP contribution in [0.4, 0.5) is 0 Å². The first-order valence-electron chi connectivity index (χ1n) is 3.81. The number of hydrogen-bond acceptors (Lipinski definition) is 5. The second kappa shape index (κ2) is 5.15. The van der Waals surface area contributed by atoms with Gasteiger partial charge in [0.1, 0.15) is 18.1 Å². The Morgan fingerprint density at radius 1 is 1.73 bits per heavy atom. The smallest absolute Gasteiger partial charge is 0.320 e. The fraction of sp³-hybridized carbons (Fsp3) is 0.800. The second-order valence-electron chi connectivity index (χ2n) is 3.05. The number of nitrogens with two attached hydrogens (primary N) is 1. The first-order valence-corrected chi connectivity index (χ1v) is 7.53. The first-order chi connectivity index (χ1) is 6.53. The van der Waals surface area contributed by atoms with Gasteiger partial charge in [-0.3, -0.25) is 9.36 Å². The third-order valence-corrected chi connectivity index (χ3v) is 4.93. The molecule has 8 nitrogen and oxygen atoms in total. The fourth-order valence-corrected chi connectivity index (χ4v) is 3.79. The predicted molar refractivity (Wildman–Crippen MR) is 52.0 cm³/mol. The van der Waals surface area contributed by atoms with E-state index < -0.39 is 29.9 Å². The summed E-state index contributed by atoms with van der Waals surface area (Å²) in [5, 5.41) is 8.41. The van der Waals surface area contributed by atoms with Crippen molar-refractivity contribution < 1.29 is 28.5 Å². The van der Waals surface area contributed by atoms with Crippen molar-refractivity contribution in [3.05, 3.63) is 0 Å². The number of carbonyl (C=O) groups is 1. The lowest BCUT2D eigenvalue weighted by molar-refractivity contribution is -0.195. The van der Waals surface area contributed by atoms with Gasteiger partial charge < -0.3 is 20.6 Å². The van der Waals surface area contributed by atoms with E-state index in [9.17, 15) is 18.5 Å². The first kappa shape index (κ1) is 14.7. The van der Waals surface area contributed by atoms with Crippen LogP contribution in [0.25, 0.3) is 0 Å². The van der Waals surface area contributed by atoms with Gasteiger partial charge in [-0.15, -0.1) is 0 Å². The number of carboxylic acid groups (broad SMARTS) is 1. The second-order valence-corrected chi connectivity index (χ2v) is 7.24. The largest absolute Gasteiger partial charge is 0.764 e. The van der Waals surface area contributed by atoms with Crippen LogP contribution < -0.4 is 15.1 Å². The lowest BCUT2D eigenvalue weighted by Crippen LogP contribution is -2.38. The summed E-state index contributed by atoms with van der Waals surface area (Å²) in [6.07, 6.45) is 0.903. The van der Waals surface area contributed by atoms with Crippen LogP contribution in [0, 0.1) is 0 Å². The summed E-state index contributed by atoms with van der Waals surface area (Å²) in [6, 6.07) is -1.21. The van der Waals surface area contributed by atoms with Crippen molar-refractivity contribution >= 4 is 23.8 Å². The van der Waals surface area contributed by atoms with E-state index in [1.165, 1.54) is 4.49 Å². The Hall–Kier alpha value is -0.310. The molecule has 0 heterocycles. The van der Waals surface area contributed by atoms with Crippen molar-refractivity contribution in [2.24, 2.45) is 5.73 Å². The van der Waals surface area contributed by atoms with Gasteiger partial charge in [-0.1, -0.05) is 8.70 Å². The average molecular weight is 260 g/mol. The molecule has 0 aromatic rings. The van der Waals surface area contributed by atoms with Gasteiger partial charge in [0, 0.05) is 6.42 Å². The Morgan fingerprint density at radius 2 is 2.20 bits per heavy atom. The summed E-state index contributed by atoms with van der Waals surface area (Å²) in [6.45, 7) is 0. The Kier molecular flexibility index (Phi) is 5.04. The molecule has 5 N–H and O–H groups in total. The Labute approximate surface area is 87.6 Å². The minimum atomic E-state index is -4.83. The maximum atomic E-state index is 11.4. The van der Waals surface area contributed by atoms with Gasteiger partial charge in [0.2, 0.25) is 7.75 Å². The van der Waals surface area contributed by atoms with Crippen molar-refractivity contribution in [1.82, 2.24) is 4.49 Å². The van der Waals surface area contributed by atoms with E-state index >= 15 is 0 Å². The minimum Gasteiger partial charge on any atom is -0.764 e. The topological polar surface area (TPSA) is 153 Å². The quantitative estimate of drug-likeness (QED) is 0.314. The average Bonchev–Trinajstić information content (AvgIpc) is 1.95. The normalized spacial score (nSPS) is 21.3. The van der Waals surface area contributed by atoms with Gasteiger partial charge in [-0.25, -0.2) is 0 Å². The molecule has 0 aliphatic rings. The molecule has 0 radical (unpaired) electrons. The van der Waals surface area contributed by atoms with E-state index in [4.69, 9.17) is 15.7 Å². The number of rotatable bonds is 6. The summed E-state index contributed by atoms with van der Waals surface area (Å²) in [4.78, 5) is 29.1. The fourth-order valence-electron chi connectivity index (χ4n) is 0.765. The van der Waals surface area contributed by atoms with Crippen molar-refractivity contribution in [2.45, 2.75) is 12.5 Å². The molecule has 0 bridgehead atoms. The van der Waals surface area contributed by atoms with E-state index in [2.05, 4.69) is 0 Å². The molecule has 15 heavy (non-hydrogen) atoms. The van der Waals surface area contributed by atoms with Crippen LogP contribution in [0.1, 0.15) is 6.42 Å². The Balaban J connectivity index is 4.23. The molecule has 0 aliphatic carbocycles. The van der Waals surface area contributed by atoms with Crippen molar-refractivity contribution in [3.8, 4) is 0 Å². The lowest BCUT2D eigenvalue weighted by atomic mass is 10.2. The summed E-state index contributed by atoms with van der Waals surface area (Å²) in [5.41, 5.74) is 5.12. The lowest BCUT2D eigenvalue weighted by Gasteiger charge is -2.17. The number of hydrogen-bond donors (Lipinski definition) is 4. The number of nitrogens with one attached hydrogen (secondary N) is 1. The molecular weight excluding hydrogens is 247 g/mol. The maximum Gasteiger partial charge on any atom is 0.320 e. The molecule has 0 aromatic carbocycles. The summed E-state index contributed by atoms with van der Waals surface area (Å²) < 4.78 is 23.3. The maximum absolute atomic E-state index is 11.4. The third-order valence-electron chi connectivity index (χ3n) is 1.44. The highest BCUT2D eigenvalue weighted by Gasteiger charge is 2.27. The number of carboxylic acids is 1. The molecule has 3 atom stereocenters. The van der Waals surface area contributed by atoms with E-state index in [1.807, 2.05) is 0 Å². The SMILES string of the molecule is C[S+](=O)(CC[C@H](N)C(=O)O)NP(=O)([O-])O. The Morgan fingerprint density at radius 3 is 2.53 bits per heavy atom. The van der Waals surface area contributed by atoms with Crippen LogP contribution in [0.2, 0.25) is 0 Å². The van der Waals surface area contributed by atoms with Gasteiger partial charge in [-0.2, -0.15) is 0 Å². The minimum absolute atomic E-state index is 0.155. The molecule has 0 spiro atoms. The molecular formula is C5H13N2O6PS. The van der Waals surface area contributed by atoms with E-state index in [1.54, 1.807) is 0 Å². The third kappa shape index (κ3) is 7.60. The standard InChI is InChI=1S/C5H13N2O6PS/c1-15(13,7-14(10,11)12)3-2-4(6)5(8)9/h4H,2-3,6H2,1H3,(H3-,7,8,9,10,11,12,13)/t4-,15?/m0/s1. The van der Waals surface area contributed by atoms with Crippen LogP contribution in [0.5, 0.6) is 0 Å². The molecule has 0 rings (SSSR count). The zero-order valence-electron chi connectivity index (χ0n) is 7.95. The molecule has 0 fully saturated rings. The van der Waals surface area contributed by atoms with Gasteiger partial charge in [0.05, 0.1) is 0 Å². The summed E-state index contributed by atoms with van der Waals surface area (Å²) in [5.74, 6) is -1.52. The number of aliphatic carboxylic acids is 1. The van der Waals surface area contributed by atoms with Crippen molar-refractivity contribution in [3.63, 3.8) is 0 Å². The molecule has 90 valence electrons. The molecule has 10 heteroatoms. The van der Waals surface area contributed by atoms with Crippen LogP contribution in [-0.4, -0.2) is 34.0 Å². The van der Waals surface area contributed by atoms with Crippen LogP contribution >= 0.6 is 7.75 Å². The van der Waals surface area contributed by atoms with Crippen LogP contribution in [-0.2, 0) is 23.7 Å². The highest BCUT2D eigenvalue weighted by atomic mass is 32.3. The van der Waals surface area contributed by atoms with E-state index in [0.717, 1.165) is 6.26 Å². The van der Waals surface area contributed by atoms with Crippen molar-refractivity contribution in [1.29, 1.82) is 0 Å². The predicted octanol–water partition coefficient (Wildman–Crippen LogP) is -2.12. The van der Waals surface area contributed by atoms with Gasteiger partial charge in [0.25, 0.3) is 0 Å². The molecule has 0 saturated heterocycles. The summed E-state index contributed by atoms with van der Waals surface area (Å²) in [7, 11) is -7.87. The molecule has 0 aromatic heterocycles. The zero-order valence-corrected chi connectivity index (χ0v) is 9.66. The van der Waals surface area contributed by atoms with Gasteiger partial charge in [0.15, 0.2) is 10.1 Å². The van der Waals surface area contributed by atoms with E-state index in [-0.39, 0.29) is 12.2 Å². The molecule has 2 unspecified atom stereocenters. The van der Waals surface area contributed by atoms with Crippen LogP contribution in [0.3, 0.4) is 0 Å². The molecule has 0 aliphatic heterocycles. The monoisotopic (exact) mass is 260 g/mol. The highest BCUT2D eigenvalue weighted by molar-refractivity contribution is 8.04. The Bertz CT molecular complexity index is 327. The zero-order chi connectivity index (χ0) is 12.3.